The summed E-state index contributed by atoms with van der Waals surface area (Å²) in [6.45, 7) is 15.9. The number of benzene rings is 2. The van der Waals surface area contributed by atoms with Crippen LogP contribution in [0.3, 0.4) is 0 Å². The highest BCUT2D eigenvalue weighted by Crippen LogP contribution is 2.54. The van der Waals surface area contributed by atoms with Crippen molar-refractivity contribution in [1.29, 1.82) is 0 Å². The second-order valence-corrected chi connectivity index (χ2v) is 15.4. The molecule has 9 nitrogen and oxygen atoms in total. The molecule has 3 amide bonds. The fraction of sp³-hybridized carbons (Fsp3) is 0.474. The molecule has 2 saturated heterocycles. The molecule has 0 aliphatic carbocycles. The van der Waals surface area contributed by atoms with Crippen molar-refractivity contribution in [3.8, 4) is 5.75 Å². The Balaban J connectivity index is 1.49. The van der Waals surface area contributed by atoms with E-state index in [2.05, 4.69) is 44.8 Å². The number of hydrogen-bond donors (Lipinski definition) is 1. The Bertz CT molecular complexity index is 1730. The van der Waals surface area contributed by atoms with E-state index >= 15 is 4.79 Å². The van der Waals surface area contributed by atoms with Crippen LogP contribution < -0.4 is 10.1 Å². The van der Waals surface area contributed by atoms with Gasteiger partial charge in [-0.15, -0.1) is 0 Å². The SMILES string of the molecule is CCOc1cc(C(C)(C)C)ncc1C1=NC(C)(c2ccc(Cl)cc2)C(C)(c2ccc(Cl)cc2)N1C(=O)N1CCC(N2CCNC(=O)C2)CC1. The number of pyridine rings is 1. The lowest BCUT2D eigenvalue weighted by Crippen LogP contribution is -2.60. The Labute approximate surface area is 299 Å². The van der Waals surface area contributed by atoms with Gasteiger partial charge in [-0.1, -0.05) is 68.2 Å². The number of aromatic nitrogens is 1. The standard InChI is InChI=1S/C38H46Cl2N6O3/c1-7-49-31-22-32(36(2,3)4)42-23-30(31)34-43-37(5,25-8-12-27(39)13-9-25)38(6,26-10-14-28(40)15-11-26)46(34)35(48)44-19-16-29(17-20-44)45-21-18-41-33(47)24-45/h8-15,22-23,29H,7,16-21,24H2,1-6H3,(H,41,47). The van der Waals surface area contributed by atoms with Crippen LogP contribution in [0.2, 0.25) is 10.0 Å². The minimum atomic E-state index is -1.01. The highest BCUT2D eigenvalue weighted by Gasteiger charge is 2.60. The number of hydrogen-bond acceptors (Lipinski definition) is 6. The first-order valence-electron chi connectivity index (χ1n) is 17.1. The number of halogens is 2. The number of nitrogens with zero attached hydrogens (tertiary/aromatic N) is 5. The monoisotopic (exact) mass is 704 g/mol. The molecule has 11 heteroatoms. The summed E-state index contributed by atoms with van der Waals surface area (Å²) in [6, 6.07) is 17.4. The molecule has 0 spiro atoms. The number of piperidine rings is 1. The lowest BCUT2D eigenvalue weighted by molar-refractivity contribution is -0.125. The van der Waals surface area contributed by atoms with Crippen molar-refractivity contribution in [2.75, 3.05) is 39.3 Å². The summed E-state index contributed by atoms with van der Waals surface area (Å²) in [5.74, 6) is 1.17. The Hall–Kier alpha value is -3.66. The van der Waals surface area contributed by atoms with Gasteiger partial charge in [-0.3, -0.25) is 24.6 Å². The minimum Gasteiger partial charge on any atom is -0.493 e. The number of carbonyl (C=O) groups excluding carboxylic acids is 2. The van der Waals surface area contributed by atoms with Gasteiger partial charge in [0.15, 0.2) is 0 Å². The average molecular weight is 706 g/mol. The number of aliphatic imine (C=N–C) groups is 1. The number of ether oxygens (including phenoxy) is 1. The molecule has 0 bridgehead atoms. The number of urea groups is 1. The summed E-state index contributed by atoms with van der Waals surface area (Å²) in [5, 5.41) is 4.14. The molecule has 2 fully saturated rings. The molecule has 0 saturated carbocycles. The molecule has 260 valence electrons. The number of carbonyl (C=O) groups is 2. The number of amides is 3. The third-order valence-corrected chi connectivity index (χ3v) is 10.9. The Morgan fingerprint density at radius 2 is 1.59 bits per heavy atom. The quantitative estimate of drug-likeness (QED) is 0.299. The molecule has 3 aromatic rings. The van der Waals surface area contributed by atoms with E-state index < -0.39 is 11.1 Å². The van der Waals surface area contributed by atoms with E-state index in [1.807, 2.05) is 71.3 Å². The summed E-state index contributed by atoms with van der Waals surface area (Å²) >= 11 is 12.8. The van der Waals surface area contributed by atoms with Crippen molar-refractivity contribution in [2.24, 2.45) is 4.99 Å². The number of piperazine rings is 1. The molecule has 2 aromatic carbocycles. The molecule has 4 heterocycles. The highest BCUT2D eigenvalue weighted by atomic mass is 35.5. The second-order valence-electron chi connectivity index (χ2n) is 14.5. The minimum absolute atomic E-state index is 0.0547. The van der Waals surface area contributed by atoms with E-state index in [1.54, 1.807) is 6.20 Å². The fourth-order valence-electron chi connectivity index (χ4n) is 7.39. The number of likely N-dealkylation sites (tertiary alicyclic amines) is 1. The smallest absolute Gasteiger partial charge is 0.326 e. The van der Waals surface area contributed by atoms with Crippen molar-refractivity contribution in [1.82, 2.24) is 25.0 Å². The van der Waals surface area contributed by atoms with Crippen LogP contribution in [0.1, 0.15) is 76.8 Å². The Morgan fingerprint density at radius 3 is 2.16 bits per heavy atom. The van der Waals surface area contributed by atoms with E-state index in [4.69, 9.17) is 37.9 Å². The molecule has 2 unspecified atom stereocenters. The van der Waals surface area contributed by atoms with Crippen LogP contribution in [-0.2, 0) is 21.3 Å². The van der Waals surface area contributed by atoms with Crippen molar-refractivity contribution >= 4 is 41.0 Å². The maximum Gasteiger partial charge on any atom is 0.326 e. The van der Waals surface area contributed by atoms with Crippen LogP contribution in [0.5, 0.6) is 5.75 Å². The van der Waals surface area contributed by atoms with Gasteiger partial charge in [0.1, 0.15) is 22.7 Å². The Morgan fingerprint density at radius 1 is 0.980 bits per heavy atom. The molecule has 6 rings (SSSR count). The maximum atomic E-state index is 15.2. The van der Waals surface area contributed by atoms with Crippen molar-refractivity contribution in [2.45, 2.75) is 76.9 Å². The van der Waals surface area contributed by atoms with Gasteiger partial charge in [0.05, 0.1) is 18.7 Å². The summed E-state index contributed by atoms with van der Waals surface area (Å²) in [4.78, 5) is 43.8. The van der Waals surface area contributed by atoms with Crippen LogP contribution in [0, 0.1) is 0 Å². The summed E-state index contributed by atoms with van der Waals surface area (Å²) in [5.41, 5.74) is 1.13. The molecule has 2 atom stereocenters. The predicted octanol–water partition coefficient (Wildman–Crippen LogP) is 6.99. The van der Waals surface area contributed by atoms with Gasteiger partial charge in [0, 0.05) is 65.6 Å². The predicted molar refractivity (Wildman–Crippen MR) is 195 cm³/mol. The molecular formula is C38H46Cl2N6O3. The summed E-state index contributed by atoms with van der Waals surface area (Å²) in [7, 11) is 0. The van der Waals surface area contributed by atoms with Gasteiger partial charge in [-0.05, 0) is 69.0 Å². The van der Waals surface area contributed by atoms with E-state index in [-0.39, 0.29) is 23.4 Å². The topological polar surface area (TPSA) is 90.4 Å². The molecule has 0 radical (unpaired) electrons. The van der Waals surface area contributed by atoms with Crippen molar-refractivity contribution < 1.29 is 14.3 Å². The van der Waals surface area contributed by atoms with Crippen molar-refractivity contribution in [3.63, 3.8) is 0 Å². The third kappa shape index (κ3) is 6.53. The van der Waals surface area contributed by atoms with E-state index in [1.165, 1.54) is 0 Å². The number of nitrogens with one attached hydrogen (secondary N) is 1. The Kier molecular flexibility index (Phi) is 9.74. The maximum absolute atomic E-state index is 15.2. The number of amidine groups is 1. The largest absolute Gasteiger partial charge is 0.493 e. The normalized spacial score (nSPS) is 23.8. The van der Waals surface area contributed by atoms with Crippen LogP contribution in [-0.4, -0.2) is 82.8 Å². The van der Waals surface area contributed by atoms with E-state index in [0.29, 0.717) is 60.0 Å². The fourth-order valence-corrected chi connectivity index (χ4v) is 7.64. The average Bonchev–Trinajstić information content (AvgIpc) is 3.32. The van der Waals surface area contributed by atoms with Crippen LogP contribution in [0.4, 0.5) is 4.79 Å². The lowest BCUT2D eigenvalue weighted by Gasteiger charge is -2.47. The summed E-state index contributed by atoms with van der Waals surface area (Å²) < 4.78 is 6.28. The van der Waals surface area contributed by atoms with Crippen LogP contribution in [0.15, 0.2) is 65.8 Å². The molecule has 1 aromatic heterocycles. The number of rotatable bonds is 6. The van der Waals surface area contributed by atoms with Crippen molar-refractivity contribution in [3.05, 3.63) is 93.2 Å². The zero-order valence-electron chi connectivity index (χ0n) is 29.2. The van der Waals surface area contributed by atoms with Gasteiger partial charge in [0.25, 0.3) is 0 Å². The zero-order valence-corrected chi connectivity index (χ0v) is 30.7. The molecule has 1 N–H and O–H groups in total. The highest BCUT2D eigenvalue weighted by molar-refractivity contribution is 6.30. The molecule has 49 heavy (non-hydrogen) atoms. The molecule has 3 aliphatic rings. The first kappa shape index (κ1) is 35.2. The lowest BCUT2D eigenvalue weighted by atomic mass is 9.71. The molecule has 3 aliphatic heterocycles. The molecular weight excluding hydrogens is 659 g/mol. The van der Waals surface area contributed by atoms with Gasteiger partial charge in [-0.2, -0.15) is 0 Å². The van der Waals surface area contributed by atoms with Gasteiger partial charge < -0.3 is 15.0 Å². The van der Waals surface area contributed by atoms with E-state index in [9.17, 15) is 4.79 Å². The van der Waals surface area contributed by atoms with E-state index in [0.717, 1.165) is 36.2 Å². The van der Waals surface area contributed by atoms with Gasteiger partial charge >= 0.3 is 6.03 Å². The third-order valence-electron chi connectivity index (χ3n) is 10.4. The van der Waals surface area contributed by atoms with Gasteiger partial charge in [0.2, 0.25) is 5.91 Å². The van der Waals surface area contributed by atoms with Crippen LogP contribution in [0.25, 0.3) is 0 Å². The second kappa shape index (κ2) is 13.6. The zero-order chi connectivity index (χ0) is 35.1. The first-order valence-corrected chi connectivity index (χ1v) is 17.9. The van der Waals surface area contributed by atoms with Gasteiger partial charge in [-0.25, -0.2) is 4.79 Å². The first-order chi connectivity index (χ1) is 23.3. The van der Waals surface area contributed by atoms with Crippen LogP contribution >= 0.6 is 23.2 Å². The summed E-state index contributed by atoms with van der Waals surface area (Å²) in [6.07, 6.45) is 3.35.